The lowest BCUT2D eigenvalue weighted by atomic mass is 10.0. The van der Waals surface area contributed by atoms with Crippen LogP contribution in [-0.4, -0.2) is 16.3 Å². The van der Waals surface area contributed by atoms with Gasteiger partial charge in [-0.05, 0) is 6.42 Å². The van der Waals surface area contributed by atoms with Crippen LogP contribution in [0.15, 0.2) is 0 Å². The van der Waals surface area contributed by atoms with Crippen molar-refractivity contribution < 1.29 is 9.90 Å². The van der Waals surface area contributed by atoms with Gasteiger partial charge >= 0.3 is 5.97 Å². The molecule has 2 nitrogen and oxygen atoms in total. The van der Waals surface area contributed by atoms with Crippen molar-refractivity contribution in [3.05, 3.63) is 0 Å². The SMILES string of the molecule is CCCCCCCCCCCCC[C@@H](S)C(=O)O. The first-order valence-electron chi connectivity index (χ1n) is 7.59. The highest BCUT2D eigenvalue weighted by Crippen LogP contribution is 2.13. The second kappa shape index (κ2) is 13.3. The van der Waals surface area contributed by atoms with Crippen LogP contribution < -0.4 is 0 Å². The van der Waals surface area contributed by atoms with Crippen molar-refractivity contribution >= 4 is 18.6 Å². The van der Waals surface area contributed by atoms with Crippen molar-refractivity contribution in [3.8, 4) is 0 Å². The molecule has 0 rings (SSSR count). The van der Waals surface area contributed by atoms with E-state index in [2.05, 4.69) is 19.6 Å². The van der Waals surface area contributed by atoms with E-state index in [1.165, 1.54) is 57.8 Å². The summed E-state index contributed by atoms with van der Waals surface area (Å²) >= 11 is 4.02. The van der Waals surface area contributed by atoms with Crippen LogP contribution in [0.1, 0.15) is 84.0 Å². The zero-order valence-corrected chi connectivity index (χ0v) is 12.8. The Hall–Kier alpha value is -0.180. The van der Waals surface area contributed by atoms with Gasteiger partial charge in [0.25, 0.3) is 0 Å². The van der Waals surface area contributed by atoms with Crippen LogP contribution in [0, 0.1) is 0 Å². The maximum absolute atomic E-state index is 10.5. The zero-order chi connectivity index (χ0) is 13.6. The summed E-state index contributed by atoms with van der Waals surface area (Å²) in [5.41, 5.74) is 0. The van der Waals surface area contributed by atoms with E-state index in [1.807, 2.05) is 0 Å². The van der Waals surface area contributed by atoms with Gasteiger partial charge < -0.3 is 5.11 Å². The Morgan fingerprint density at radius 3 is 1.67 bits per heavy atom. The first-order chi connectivity index (χ1) is 8.68. The molecule has 1 atom stereocenters. The van der Waals surface area contributed by atoms with Gasteiger partial charge in [0.05, 0.1) is 5.25 Å². The zero-order valence-electron chi connectivity index (χ0n) is 11.9. The normalized spacial score (nSPS) is 12.6. The van der Waals surface area contributed by atoms with Crippen LogP contribution >= 0.6 is 12.6 Å². The largest absolute Gasteiger partial charge is 0.480 e. The lowest BCUT2D eigenvalue weighted by Crippen LogP contribution is -2.12. The molecule has 0 bridgehead atoms. The molecule has 108 valence electrons. The Morgan fingerprint density at radius 2 is 1.28 bits per heavy atom. The molecule has 0 fully saturated rings. The summed E-state index contributed by atoms with van der Waals surface area (Å²) < 4.78 is 0. The van der Waals surface area contributed by atoms with Gasteiger partial charge in [0, 0.05) is 0 Å². The molecule has 0 heterocycles. The van der Waals surface area contributed by atoms with Crippen LogP contribution in [0.4, 0.5) is 0 Å². The number of carboxylic acid groups (broad SMARTS) is 1. The molecular weight excluding hydrogens is 244 g/mol. The second-order valence-electron chi connectivity index (χ2n) is 5.18. The van der Waals surface area contributed by atoms with Crippen molar-refractivity contribution in [1.82, 2.24) is 0 Å². The molecule has 0 amide bonds. The highest BCUT2D eigenvalue weighted by Gasteiger charge is 2.10. The van der Waals surface area contributed by atoms with Crippen molar-refractivity contribution in [3.63, 3.8) is 0 Å². The Balaban J connectivity index is 3.05. The molecule has 0 radical (unpaired) electrons. The monoisotopic (exact) mass is 274 g/mol. The third kappa shape index (κ3) is 12.3. The summed E-state index contributed by atoms with van der Waals surface area (Å²) in [7, 11) is 0. The molecule has 18 heavy (non-hydrogen) atoms. The molecule has 1 N–H and O–H groups in total. The minimum atomic E-state index is -0.787. The van der Waals surface area contributed by atoms with E-state index in [-0.39, 0.29) is 0 Å². The third-order valence-corrected chi connectivity index (χ3v) is 3.85. The van der Waals surface area contributed by atoms with E-state index in [9.17, 15) is 4.79 Å². The fourth-order valence-corrected chi connectivity index (χ4v) is 2.31. The maximum atomic E-state index is 10.5. The lowest BCUT2D eigenvalue weighted by molar-refractivity contribution is -0.136. The van der Waals surface area contributed by atoms with Crippen molar-refractivity contribution in [2.45, 2.75) is 89.2 Å². The molecule has 0 aromatic heterocycles. The summed E-state index contributed by atoms with van der Waals surface area (Å²) in [4.78, 5) is 10.5. The van der Waals surface area contributed by atoms with Gasteiger partial charge in [0.1, 0.15) is 0 Å². The Labute approximate surface area is 118 Å². The van der Waals surface area contributed by atoms with Crippen LogP contribution in [0.5, 0.6) is 0 Å². The fraction of sp³-hybridized carbons (Fsp3) is 0.933. The predicted molar refractivity (Wildman–Crippen MR) is 81.5 cm³/mol. The first kappa shape index (κ1) is 17.8. The average molecular weight is 274 g/mol. The third-order valence-electron chi connectivity index (χ3n) is 3.37. The number of hydrogen-bond acceptors (Lipinski definition) is 2. The summed E-state index contributed by atoms with van der Waals surface area (Å²) in [5.74, 6) is -0.787. The summed E-state index contributed by atoms with van der Waals surface area (Å²) in [5, 5.41) is 8.20. The highest BCUT2D eigenvalue weighted by molar-refractivity contribution is 7.81. The van der Waals surface area contributed by atoms with Crippen LogP contribution in [0.3, 0.4) is 0 Å². The number of unbranched alkanes of at least 4 members (excludes halogenated alkanes) is 10. The molecule has 0 saturated carbocycles. The molecular formula is C15H30O2S. The summed E-state index contributed by atoms with van der Waals surface area (Å²) in [6.07, 6.45) is 15.0. The predicted octanol–water partition coefficient (Wildman–Crippen LogP) is 5.07. The minimum absolute atomic E-state index is 0.469. The van der Waals surface area contributed by atoms with Crippen molar-refractivity contribution in [1.29, 1.82) is 0 Å². The second-order valence-corrected chi connectivity index (χ2v) is 5.80. The van der Waals surface area contributed by atoms with E-state index < -0.39 is 11.2 Å². The van der Waals surface area contributed by atoms with E-state index >= 15 is 0 Å². The molecule has 0 aliphatic carbocycles. The van der Waals surface area contributed by atoms with Gasteiger partial charge in [-0.2, -0.15) is 12.6 Å². The topological polar surface area (TPSA) is 37.3 Å². The molecule has 0 aliphatic heterocycles. The van der Waals surface area contributed by atoms with Crippen LogP contribution in [0.25, 0.3) is 0 Å². The first-order valence-corrected chi connectivity index (χ1v) is 8.11. The van der Waals surface area contributed by atoms with E-state index in [0.29, 0.717) is 6.42 Å². The summed E-state index contributed by atoms with van der Waals surface area (Å²) in [6.45, 7) is 2.25. The number of carboxylic acids is 1. The minimum Gasteiger partial charge on any atom is -0.480 e. The van der Waals surface area contributed by atoms with E-state index in [4.69, 9.17) is 5.11 Å². The van der Waals surface area contributed by atoms with Gasteiger partial charge in [-0.3, -0.25) is 4.79 Å². The van der Waals surface area contributed by atoms with Gasteiger partial charge in [0.2, 0.25) is 0 Å². The smallest absolute Gasteiger partial charge is 0.316 e. The van der Waals surface area contributed by atoms with Gasteiger partial charge in [-0.1, -0.05) is 77.6 Å². The maximum Gasteiger partial charge on any atom is 0.316 e. The average Bonchev–Trinajstić information content (AvgIpc) is 2.35. The van der Waals surface area contributed by atoms with Crippen LogP contribution in [0.2, 0.25) is 0 Å². The van der Waals surface area contributed by atoms with E-state index in [0.717, 1.165) is 12.8 Å². The van der Waals surface area contributed by atoms with Crippen molar-refractivity contribution in [2.24, 2.45) is 0 Å². The van der Waals surface area contributed by atoms with Crippen LogP contribution in [-0.2, 0) is 4.79 Å². The Bertz CT molecular complexity index is 195. The van der Waals surface area contributed by atoms with Crippen molar-refractivity contribution in [2.75, 3.05) is 0 Å². The molecule has 0 aromatic carbocycles. The van der Waals surface area contributed by atoms with Gasteiger partial charge in [-0.25, -0.2) is 0 Å². The number of rotatable bonds is 13. The molecule has 0 saturated heterocycles. The summed E-state index contributed by atoms with van der Waals surface area (Å²) in [6, 6.07) is 0. The number of carbonyl (C=O) groups is 1. The van der Waals surface area contributed by atoms with E-state index in [1.54, 1.807) is 0 Å². The molecule has 0 aromatic rings. The Morgan fingerprint density at radius 1 is 0.889 bits per heavy atom. The number of hydrogen-bond donors (Lipinski definition) is 2. The molecule has 3 heteroatoms. The Kier molecular flexibility index (Phi) is 13.1. The standard InChI is InChI=1S/C15H30O2S/c1-2-3-4-5-6-7-8-9-10-11-12-13-14(18)15(16)17/h14,18H,2-13H2,1H3,(H,16,17)/t14-/m1/s1. The van der Waals surface area contributed by atoms with Gasteiger partial charge in [0.15, 0.2) is 0 Å². The lowest BCUT2D eigenvalue weighted by Gasteiger charge is -2.05. The fourth-order valence-electron chi connectivity index (χ4n) is 2.13. The molecule has 0 unspecified atom stereocenters. The number of aliphatic carboxylic acids is 1. The number of thiol groups is 1. The molecule has 0 aliphatic rings. The highest BCUT2D eigenvalue weighted by atomic mass is 32.1. The molecule has 0 spiro atoms. The quantitative estimate of drug-likeness (QED) is 0.363. The van der Waals surface area contributed by atoms with Gasteiger partial charge in [-0.15, -0.1) is 0 Å².